The van der Waals surface area contributed by atoms with Gasteiger partial charge in [-0.25, -0.2) is 0 Å². The van der Waals surface area contributed by atoms with Crippen LogP contribution in [0, 0.1) is 5.92 Å². The van der Waals surface area contributed by atoms with E-state index in [1.807, 2.05) is 4.90 Å². The molecule has 4 heteroatoms. The number of hydrogen-bond donors (Lipinski definition) is 1. The number of hydrogen-bond acceptors (Lipinski definition) is 3. The van der Waals surface area contributed by atoms with Crippen molar-refractivity contribution in [1.82, 2.24) is 4.90 Å². The number of carbonyl (C=O) groups excluding carboxylic acids is 1. The van der Waals surface area contributed by atoms with Gasteiger partial charge in [0, 0.05) is 13.0 Å². The quantitative estimate of drug-likeness (QED) is 0.771. The molecule has 0 aliphatic carbocycles. The van der Waals surface area contributed by atoms with Gasteiger partial charge in [0.1, 0.15) is 0 Å². The lowest BCUT2D eigenvalue weighted by Gasteiger charge is -2.42. The van der Waals surface area contributed by atoms with E-state index in [9.17, 15) is 4.79 Å². The van der Waals surface area contributed by atoms with Crippen molar-refractivity contribution >= 4 is 5.91 Å². The molecule has 1 fully saturated rings. The lowest BCUT2D eigenvalue weighted by Crippen LogP contribution is -2.55. The third kappa shape index (κ3) is 5.11. The molecule has 1 atom stereocenters. The third-order valence-corrected chi connectivity index (χ3v) is 3.98. The van der Waals surface area contributed by atoms with E-state index < -0.39 is 0 Å². The molecule has 19 heavy (non-hydrogen) atoms. The zero-order chi connectivity index (χ0) is 14.3. The van der Waals surface area contributed by atoms with Gasteiger partial charge in [-0.2, -0.15) is 0 Å². The van der Waals surface area contributed by atoms with Crippen LogP contribution >= 0.6 is 0 Å². The van der Waals surface area contributed by atoms with Crippen molar-refractivity contribution in [3.05, 3.63) is 0 Å². The molecule has 0 radical (unpaired) electrons. The molecule has 1 heterocycles. The SMILES string of the molecule is CCCC(CCN)CCC(=O)N1CCOCC1(C)C. The van der Waals surface area contributed by atoms with Crippen LogP contribution in [0.4, 0.5) is 0 Å². The smallest absolute Gasteiger partial charge is 0.223 e. The minimum Gasteiger partial charge on any atom is -0.377 e. The molecule has 112 valence electrons. The normalized spacial score (nSPS) is 20.3. The summed E-state index contributed by atoms with van der Waals surface area (Å²) < 4.78 is 5.46. The Morgan fingerprint density at radius 3 is 2.68 bits per heavy atom. The van der Waals surface area contributed by atoms with E-state index in [0.717, 1.165) is 25.9 Å². The molecule has 0 aromatic rings. The Labute approximate surface area is 117 Å². The molecule has 1 rings (SSSR count). The van der Waals surface area contributed by atoms with Gasteiger partial charge >= 0.3 is 0 Å². The summed E-state index contributed by atoms with van der Waals surface area (Å²) in [5, 5.41) is 0. The van der Waals surface area contributed by atoms with Gasteiger partial charge in [-0.15, -0.1) is 0 Å². The van der Waals surface area contributed by atoms with E-state index in [4.69, 9.17) is 10.5 Å². The Kier molecular flexibility index (Phi) is 6.80. The topological polar surface area (TPSA) is 55.6 Å². The molecule has 0 aromatic heterocycles. The predicted octanol–water partition coefficient (Wildman–Crippen LogP) is 2.17. The number of carbonyl (C=O) groups is 1. The summed E-state index contributed by atoms with van der Waals surface area (Å²) in [6.07, 6.45) is 5.00. The van der Waals surface area contributed by atoms with Gasteiger partial charge in [0.25, 0.3) is 0 Å². The maximum atomic E-state index is 12.4. The first-order valence-electron chi connectivity index (χ1n) is 7.59. The number of ether oxygens (including phenoxy) is 1. The fraction of sp³-hybridized carbons (Fsp3) is 0.933. The van der Waals surface area contributed by atoms with Crippen LogP contribution in [0.15, 0.2) is 0 Å². The summed E-state index contributed by atoms with van der Waals surface area (Å²) >= 11 is 0. The van der Waals surface area contributed by atoms with Crippen LogP contribution in [-0.2, 0) is 9.53 Å². The summed E-state index contributed by atoms with van der Waals surface area (Å²) in [6, 6.07) is 0. The van der Waals surface area contributed by atoms with Crippen molar-refractivity contribution in [2.45, 2.75) is 58.4 Å². The van der Waals surface area contributed by atoms with Crippen LogP contribution in [-0.4, -0.2) is 42.6 Å². The first kappa shape index (κ1) is 16.4. The Morgan fingerprint density at radius 1 is 1.37 bits per heavy atom. The Morgan fingerprint density at radius 2 is 2.11 bits per heavy atom. The van der Waals surface area contributed by atoms with Crippen molar-refractivity contribution in [3.63, 3.8) is 0 Å². The minimum absolute atomic E-state index is 0.163. The van der Waals surface area contributed by atoms with Crippen molar-refractivity contribution < 1.29 is 9.53 Å². The summed E-state index contributed by atoms with van der Waals surface area (Å²) in [4.78, 5) is 14.4. The number of nitrogens with zero attached hydrogens (tertiary/aromatic N) is 1. The average molecular weight is 270 g/mol. The second kappa shape index (κ2) is 7.85. The van der Waals surface area contributed by atoms with Crippen molar-refractivity contribution in [2.75, 3.05) is 26.3 Å². The second-order valence-electron chi connectivity index (χ2n) is 6.18. The zero-order valence-corrected chi connectivity index (χ0v) is 12.8. The number of morpholine rings is 1. The van der Waals surface area contributed by atoms with Gasteiger partial charge in [0.15, 0.2) is 0 Å². The molecule has 1 aliphatic rings. The van der Waals surface area contributed by atoms with Gasteiger partial charge in [-0.05, 0) is 39.2 Å². The van der Waals surface area contributed by atoms with Gasteiger partial charge in [0.05, 0.1) is 18.8 Å². The summed E-state index contributed by atoms with van der Waals surface area (Å²) in [7, 11) is 0. The van der Waals surface area contributed by atoms with Gasteiger partial charge in [-0.1, -0.05) is 19.8 Å². The molecule has 4 nitrogen and oxygen atoms in total. The molecule has 1 aliphatic heterocycles. The highest BCUT2D eigenvalue weighted by Gasteiger charge is 2.33. The Hall–Kier alpha value is -0.610. The standard InChI is InChI=1S/C15H30N2O2/c1-4-5-13(8-9-16)6-7-14(18)17-10-11-19-12-15(17,2)3/h13H,4-12,16H2,1-3H3. The van der Waals surface area contributed by atoms with Gasteiger partial charge < -0.3 is 15.4 Å². The van der Waals surface area contributed by atoms with Crippen molar-refractivity contribution in [2.24, 2.45) is 11.7 Å². The number of rotatable bonds is 7. The average Bonchev–Trinajstić information content (AvgIpc) is 2.35. The molecule has 0 saturated carbocycles. The molecular weight excluding hydrogens is 240 g/mol. The third-order valence-electron chi connectivity index (χ3n) is 3.98. The van der Waals surface area contributed by atoms with E-state index in [0.29, 0.717) is 25.6 Å². The van der Waals surface area contributed by atoms with E-state index >= 15 is 0 Å². The largest absolute Gasteiger partial charge is 0.377 e. The minimum atomic E-state index is -0.163. The second-order valence-corrected chi connectivity index (χ2v) is 6.18. The molecule has 1 saturated heterocycles. The molecule has 0 bridgehead atoms. The first-order chi connectivity index (χ1) is 9.01. The van der Waals surface area contributed by atoms with Crippen molar-refractivity contribution in [3.8, 4) is 0 Å². The maximum Gasteiger partial charge on any atom is 0.223 e. The first-order valence-corrected chi connectivity index (χ1v) is 7.59. The predicted molar refractivity (Wildman–Crippen MR) is 77.9 cm³/mol. The zero-order valence-electron chi connectivity index (χ0n) is 12.8. The summed E-state index contributed by atoms with van der Waals surface area (Å²) in [6.45, 7) is 9.09. The molecule has 1 amide bonds. The number of amides is 1. The summed E-state index contributed by atoms with van der Waals surface area (Å²) in [5.41, 5.74) is 5.48. The van der Waals surface area contributed by atoms with Crippen molar-refractivity contribution in [1.29, 1.82) is 0 Å². The highest BCUT2D eigenvalue weighted by atomic mass is 16.5. The highest BCUT2D eigenvalue weighted by molar-refractivity contribution is 5.77. The lowest BCUT2D eigenvalue weighted by molar-refractivity contribution is -0.146. The van der Waals surface area contributed by atoms with Crippen LogP contribution in [0.2, 0.25) is 0 Å². The van der Waals surface area contributed by atoms with Crippen LogP contribution < -0.4 is 5.73 Å². The van der Waals surface area contributed by atoms with E-state index in [2.05, 4.69) is 20.8 Å². The van der Waals surface area contributed by atoms with Crippen LogP contribution in [0.3, 0.4) is 0 Å². The fourth-order valence-corrected chi connectivity index (χ4v) is 2.86. The van der Waals surface area contributed by atoms with E-state index in [1.54, 1.807) is 0 Å². The van der Waals surface area contributed by atoms with E-state index in [1.165, 1.54) is 12.8 Å². The molecule has 1 unspecified atom stereocenters. The Balaban J connectivity index is 2.44. The van der Waals surface area contributed by atoms with Gasteiger partial charge in [-0.3, -0.25) is 4.79 Å². The molecule has 2 N–H and O–H groups in total. The number of nitrogens with two attached hydrogens (primary N) is 1. The van der Waals surface area contributed by atoms with E-state index in [-0.39, 0.29) is 11.4 Å². The molecular formula is C15H30N2O2. The lowest BCUT2D eigenvalue weighted by atomic mass is 9.93. The van der Waals surface area contributed by atoms with Crippen LogP contribution in [0.25, 0.3) is 0 Å². The highest BCUT2D eigenvalue weighted by Crippen LogP contribution is 2.23. The summed E-state index contributed by atoms with van der Waals surface area (Å²) in [5.74, 6) is 0.870. The van der Waals surface area contributed by atoms with Crippen LogP contribution in [0.5, 0.6) is 0 Å². The monoisotopic (exact) mass is 270 g/mol. The Bertz CT molecular complexity index is 273. The molecule has 0 spiro atoms. The maximum absolute atomic E-state index is 12.4. The van der Waals surface area contributed by atoms with Gasteiger partial charge in [0.2, 0.25) is 5.91 Å². The van der Waals surface area contributed by atoms with Crippen LogP contribution in [0.1, 0.15) is 52.9 Å². The molecule has 0 aromatic carbocycles. The fourth-order valence-electron chi connectivity index (χ4n) is 2.86.